The monoisotopic (exact) mass is 604 g/mol. The Bertz CT molecular complexity index is 2160. The highest BCUT2D eigenvalue weighted by atomic mass is 14.3. The van der Waals surface area contributed by atoms with Crippen molar-refractivity contribution in [3.8, 4) is 33.4 Å². The SMILES string of the molecule is CC1CCc2ccc3ccccc3c2-c2c(-c3ccc(C(c4cccc(-c5ccccc5)c4)C(C)c4ccccc4)cc3)cccc21. The van der Waals surface area contributed by atoms with Gasteiger partial charge in [-0.2, -0.15) is 0 Å². The maximum Gasteiger partial charge on any atom is 0.0156 e. The van der Waals surface area contributed by atoms with Crippen molar-refractivity contribution in [1.82, 2.24) is 0 Å². The van der Waals surface area contributed by atoms with Crippen molar-refractivity contribution in [2.24, 2.45) is 0 Å². The predicted octanol–water partition coefficient (Wildman–Crippen LogP) is 12.8. The van der Waals surface area contributed by atoms with E-state index in [9.17, 15) is 0 Å². The third-order valence-electron chi connectivity index (χ3n) is 10.5. The summed E-state index contributed by atoms with van der Waals surface area (Å²) in [5.41, 5.74) is 15.0. The van der Waals surface area contributed by atoms with Crippen LogP contribution in [0.5, 0.6) is 0 Å². The molecule has 1 aliphatic rings. The van der Waals surface area contributed by atoms with Gasteiger partial charge in [-0.25, -0.2) is 0 Å². The van der Waals surface area contributed by atoms with E-state index in [1.54, 1.807) is 0 Å². The number of rotatable bonds is 6. The average molecular weight is 605 g/mol. The minimum atomic E-state index is 0.215. The van der Waals surface area contributed by atoms with Crippen molar-refractivity contribution in [2.45, 2.75) is 44.4 Å². The molecule has 0 heterocycles. The molecule has 1 aliphatic carbocycles. The van der Waals surface area contributed by atoms with Crippen molar-refractivity contribution < 1.29 is 0 Å². The van der Waals surface area contributed by atoms with Crippen LogP contribution in [0.1, 0.15) is 65.8 Å². The smallest absolute Gasteiger partial charge is 0.0156 e. The molecule has 0 saturated heterocycles. The number of fused-ring (bicyclic) bond motifs is 5. The second-order valence-electron chi connectivity index (χ2n) is 13.3. The Balaban J connectivity index is 1.26. The summed E-state index contributed by atoms with van der Waals surface area (Å²) in [7, 11) is 0. The van der Waals surface area contributed by atoms with Gasteiger partial charge in [-0.1, -0.05) is 178 Å². The van der Waals surface area contributed by atoms with E-state index in [0.29, 0.717) is 11.8 Å². The molecule has 47 heavy (non-hydrogen) atoms. The fourth-order valence-corrected chi connectivity index (χ4v) is 7.98. The Hall–Kier alpha value is -5.20. The fraction of sp³-hybridized carbons (Fsp3) is 0.149. The molecule has 7 aromatic rings. The Kier molecular flexibility index (Phi) is 7.79. The minimum Gasteiger partial charge on any atom is -0.0622 e. The summed E-state index contributed by atoms with van der Waals surface area (Å²) in [5.74, 6) is 1.02. The lowest BCUT2D eigenvalue weighted by Crippen LogP contribution is -2.10. The first-order valence-corrected chi connectivity index (χ1v) is 17.1. The highest BCUT2D eigenvalue weighted by Gasteiger charge is 2.26. The molecule has 0 amide bonds. The largest absolute Gasteiger partial charge is 0.0622 e. The number of aryl methyl sites for hydroxylation is 1. The molecular formula is C47H40. The summed E-state index contributed by atoms with van der Waals surface area (Å²) in [4.78, 5) is 0. The average Bonchev–Trinajstić information content (AvgIpc) is 3.29. The van der Waals surface area contributed by atoms with Gasteiger partial charge in [0.1, 0.15) is 0 Å². The van der Waals surface area contributed by atoms with Crippen LogP contribution < -0.4 is 0 Å². The molecular weight excluding hydrogens is 565 g/mol. The molecule has 0 N–H and O–H groups in total. The van der Waals surface area contributed by atoms with Gasteiger partial charge in [-0.15, -0.1) is 0 Å². The van der Waals surface area contributed by atoms with Gasteiger partial charge in [0, 0.05) is 5.92 Å². The van der Waals surface area contributed by atoms with Crippen molar-refractivity contribution >= 4 is 10.8 Å². The van der Waals surface area contributed by atoms with Crippen molar-refractivity contribution in [2.75, 3.05) is 0 Å². The van der Waals surface area contributed by atoms with Gasteiger partial charge in [0.25, 0.3) is 0 Å². The number of benzene rings is 7. The Labute approximate surface area is 279 Å². The summed E-state index contributed by atoms with van der Waals surface area (Å²) >= 11 is 0. The summed E-state index contributed by atoms with van der Waals surface area (Å²) in [5, 5.41) is 2.67. The molecule has 228 valence electrons. The van der Waals surface area contributed by atoms with Crippen LogP contribution in [0, 0.1) is 0 Å². The van der Waals surface area contributed by atoms with Crippen molar-refractivity contribution in [3.05, 3.63) is 192 Å². The molecule has 0 spiro atoms. The second kappa shape index (κ2) is 12.5. The molecule has 3 atom stereocenters. The van der Waals surface area contributed by atoms with Gasteiger partial charge in [0.2, 0.25) is 0 Å². The molecule has 0 aromatic heterocycles. The maximum absolute atomic E-state index is 2.40. The highest BCUT2D eigenvalue weighted by molar-refractivity contribution is 6.03. The van der Waals surface area contributed by atoms with Crippen LogP contribution >= 0.6 is 0 Å². The van der Waals surface area contributed by atoms with Gasteiger partial charge >= 0.3 is 0 Å². The van der Waals surface area contributed by atoms with Crippen LogP contribution in [0.3, 0.4) is 0 Å². The molecule has 0 bridgehead atoms. The third-order valence-corrected chi connectivity index (χ3v) is 10.5. The lowest BCUT2D eigenvalue weighted by molar-refractivity contribution is 0.658. The van der Waals surface area contributed by atoms with Crippen LogP contribution in [0.4, 0.5) is 0 Å². The number of hydrogen-bond donors (Lipinski definition) is 0. The summed E-state index contributed by atoms with van der Waals surface area (Å²) in [6, 6.07) is 61.0. The van der Waals surface area contributed by atoms with Gasteiger partial charge in [0.05, 0.1) is 0 Å². The zero-order valence-electron chi connectivity index (χ0n) is 27.2. The Morgan fingerprint density at radius 1 is 0.511 bits per heavy atom. The van der Waals surface area contributed by atoms with Crippen LogP contribution in [0.25, 0.3) is 44.2 Å². The molecule has 0 radical (unpaired) electrons. The Morgan fingerprint density at radius 2 is 1.19 bits per heavy atom. The molecule has 8 rings (SSSR count). The predicted molar refractivity (Wildman–Crippen MR) is 200 cm³/mol. The van der Waals surface area contributed by atoms with E-state index >= 15 is 0 Å². The standard InChI is InChI=1S/C47H40/c1-32-23-24-39-30-25-36-17-9-10-20-43(36)46(39)47-42(32)21-12-22-44(47)37-26-28-38(29-27-37)45(33(2)34-13-5-3-6-14-34)41-19-11-18-40(31-41)35-15-7-4-8-16-35/h3-22,25-33,45H,23-24H2,1-2H3. The van der Waals surface area contributed by atoms with E-state index in [1.165, 1.54) is 78.4 Å². The highest BCUT2D eigenvalue weighted by Crippen LogP contribution is 2.47. The summed E-state index contributed by atoms with van der Waals surface area (Å²) in [6.45, 7) is 4.78. The second-order valence-corrected chi connectivity index (χ2v) is 13.3. The van der Waals surface area contributed by atoms with E-state index in [0.717, 1.165) is 6.42 Å². The van der Waals surface area contributed by atoms with Crippen LogP contribution in [-0.4, -0.2) is 0 Å². The molecule has 7 aromatic carbocycles. The van der Waals surface area contributed by atoms with Crippen molar-refractivity contribution in [1.29, 1.82) is 0 Å². The molecule has 0 fully saturated rings. The van der Waals surface area contributed by atoms with Gasteiger partial charge in [-0.3, -0.25) is 0 Å². The number of hydrogen-bond acceptors (Lipinski definition) is 0. The molecule has 0 saturated carbocycles. The van der Waals surface area contributed by atoms with Gasteiger partial charge < -0.3 is 0 Å². The maximum atomic E-state index is 2.40. The summed E-state index contributed by atoms with van der Waals surface area (Å²) in [6.07, 6.45) is 2.28. The first-order chi connectivity index (χ1) is 23.2. The topological polar surface area (TPSA) is 0 Å². The van der Waals surface area contributed by atoms with E-state index < -0.39 is 0 Å². The fourth-order valence-electron chi connectivity index (χ4n) is 7.98. The zero-order chi connectivity index (χ0) is 31.7. The zero-order valence-corrected chi connectivity index (χ0v) is 27.2. The molecule has 3 unspecified atom stereocenters. The third kappa shape index (κ3) is 5.49. The van der Waals surface area contributed by atoms with Crippen LogP contribution in [0.15, 0.2) is 164 Å². The minimum absolute atomic E-state index is 0.215. The lowest BCUT2D eigenvalue weighted by Gasteiger charge is -2.27. The summed E-state index contributed by atoms with van der Waals surface area (Å²) < 4.78 is 0. The first kappa shape index (κ1) is 29.2. The normalized spacial score (nSPS) is 15.3. The quantitative estimate of drug-likeness (QED) is 0.177. The van der Waals surface area contributed by atoms with E-state index in [-0.39, 0.29) is 5.92 Å². The van der Waals surface area contributed by atoms with E-state index in [1.807, 2.05) is 0 Å². The molecule has 0 aliphatic heterocycles. The lowest BCUT2D eigenvalue weighted by atomic mass is 9.77. The molecule has 0 heteroatoms. The van der Waals surface area contributed by atoms with Crippen LogP contribution in [0.2, 0.25) is 0 Å². The van der Waals surface area contributed by atoms with E-state index in [4.69, 9.17) is 0 Å². The van der Waals surface area contributed by atoms with Gasteiger partial charge in [-0.05, 0) is 96.6 Å². The molecule has 0 nitrogen and oxygen atoms in total. The van der Waals surface area contributed by atoms with Crippen molar-refractivity contribution in [3.63, 3.8) is 0 Å². The Morgan fingerprint density at radius 3 is 2.00 bits per heavy atom. The first-order valence-electron chi connectivity index (χ1n) is 17.1. The van der Waals surface area contributed by atoms with Gasteiger partial charge in [0.15, 0.2) is 0 Å². The van der Waals surface area contributed by atoms with E-state index in [2.05, 4.69) is 178 Å². The van der Waals surface area contributed by atoms with Crippen LogP contribution in [-0.2, 0) is 6.42 Å².